The van der Waals surface area contributed by atoms with Gasteiger partial charge in [-0.15, -0.1) is 0 Å². The summed E-state index contributed by atoms with van der Waals surface area (Å²) < 4.78 is 22.7. The van der Waals surface area contributed by atoms with E-state index in [1.807, 2.05) is 13.8 Å². The molecule has 0 saturated carbocycles. The van der Waals surface area contributed by atoms with Crippen molar-refractivity contribution in [3.05, 3.63) is 46.1 Å². The van der Waals surface area contributed by atoms with Gasteiger partial charge < -0.3 is 44.2 Å². The third kappa shape index (κ3) is 5.10. The van der Waals surface area contributed by atoms with Gasteiger partial charge in [-0.05, 0) is 49.9 Å². The largest absolute Gasteiger partial charge is 0.507 e. The van der Waals surface area contributed by atoms with Crippen molar-refractivity contribution >= 4 is 11.0 Å². The van der Waals surface area contributed by atoms with Crippen LogP contribution in [0.2, 0.25) is 0 Å². The molecule has 1 saturated heterocycles. The van der Waals surface area contributed by atoms with Gasteiger partial charge in [0.25, 0.3) is 0 Å². The smallest absolute Gasteiger partial charge is 0.239 e. The Morgan fingerprint density at radius 3 is 2.30 bits per heavy atom. The summed E-state index contributed by atoms with van der Waals surface area (Å²) in [4.78, 5) is 13.8. The number of hydrogen-bond acceptors (Lipinski definition) is 10. The van der Waals surface area contributed by atoms with E-state index in [1.54, 1.807) is 24.3 Å². The second-order valence-electron chi connectivity index (χ2n) is 9.65. The zero-order valence-corrected chi connectivity index (χ0v) is 21.0. The molecule has 1 fully saturated rings. The fourth-order valence-electron chi connectivity index (χ4n) is 4.31. The lowest BCUT2D eigenvalue weighted by Gasteiger charge is -2.38. The lowest BCUT2D eigenvalue weighted by atomic mass is 9.98. The van der Waals surface area contributed by atoms with Gasteiger partial charge in [-0.2, -0.15) is 0 Å². The molecule has 2 aromatic carbocycles. The summed E-state index contributed by atoms with van der Waals surface area (Å²) in [5.41, 5.74) is 0.0158. The van der Waals surface area contributed by atoms with E-state index < -0.39 is 41.9 Å². The van der Waals surface area contributed by atoms with Gasteiger partial charge in [-0.3, -0.25) is 4.79 Å². The van der Waals surface area contributed by atoms with E-state index in [9.17, 15) is 30.3 Å². The monoisotopic (exact) mass is 516 g/mol. The molecule has 0 unspecified atom stereocenters. The van der Waals surface area contributed by atoms with Gasteiger partial charge in [-0.1, -0.05) is 13.8 Å². The molecule has 5 N–H and O–H groups in total. The highest BCUT2D eigenvalue weighted by molar-refractivity contribution is 5.91. The molecule has 3 aromatic rings. The van der Waals surface area contributed by atoms with Crippen LogP contribution in [0, 0.1) is 5.92 Å². The first-order valence-corrected chi connectivity index (χ1v) is 12.1. The van der Waals surface area contributed by atoms with Gasteiger partial charge in [0.2, 0.25) is 17.5 Å². The van der Waals surface area contributed by atoms with Gasteiger partial charge in [-0.25, -0.2) is 0 Å². The quantitative estimate of drug-likeness (QED) is 0.316. The van der Waals surface area contributed by atoms with E-state index in [0.29, 0.717) is 35.6 Å². The SMILES string of the molecule is COc1ccc(-c2oc3c(CCC(C)C)c(O)cc(O)c3c(=O)c2O[C@@H]2O[C@@H](C)[C@H](O)[C@@H](O)[C@H]2O)cc1. The molecule has 5 atom stereocenters. The molecule has 0 radical (unpaired) electrons. The van der Waals surface area contributed by atoms with Crippen molar-refractivity contribution in [1.29, 1.82) is 0 Å². The van der Waals surface area contributed by atoms with E-state index in [2.05, 4.69) is 0 Å². The van der Waals surface area contributed by atoms with Gasteiger partial charge >= 0.3 is 0 Å². The zero-order valence-electron chi connectivity index (χ0n) is 21.0. The summed E-state index contributed by atoms with van der Waals surface area (Å²) in [6, 6.07) is 7.64. The molecule has 37 heavy (non-hydrogen) atoms. The van der Waals surface area contributed by atoms with E-state index in [0.717, 1.165) is 6.07 Å². The number of ether oxygens (including phenoxy) is 3. The van der Waals surface area contributed by atoms with Crippen molar-refractivity contribution in [3.8, 4) is 34.3 Å². The topological polar surface area (TPSA) is 159 Å². The van der Waals surface area contributed by atoms with Crippen LogP contribution in [0.3, 0.4) is 0 Å². The molecule has 2 heterocycles. The van der Waals surface area contributed by atoms with Crippen LogP contribution >= 0.6 is 0 Å². The fourth-order valence-corrected chi connectivity index (χ4v) is 4.31. The first-order chi connectivity index (χ1) is 17.5. The minimum atomic E-state index is -1.68. The number of hydrogen-bond donors (Lipinski definition) is 5. The van der Waals surface area contributed by atoms with Crippen molar-refractivity contribution in [2.45, 2.75) is 64.3 Å². The maximum Gasteiger partial charge on any atom is 0.239 e. The molecule has 1 aliphatic heterocycles. The second-order valence-corrected chi connectivity index (χ2v) is 9.65. The maximum absolute atomic E-state index is 13.8. The van der Waals surface area contributed by atoms with Crippen LogP contribution in [0.15, 0.2) is 39.5 Å². The van der Waals surface area contributed by atoms with Gasteiger partial charge in [0.05, 0.1) is 13.2 Å². The number of aliphatic hydroxyl groups excluding tert-OH is 3. The Morgan fingerprint density at radius 1 is 1.00 bits per heavy atom. The number of phenols is 2. The normalized spacial score (nSPS) is 23.9. The van der Waals surface area contributed by atoms with Crippen LogP contribution in [0.25, 0.3) is 22.3 Å². The summed E-state index contributed by atoms with van der Waals surface area (Å²) in [5, 5.41) is 51.7. The van der Waals surface area contributed by atoms with E-state index in [1.165, 1.54) is 14.0 Å². The van der Waals surface area contributed by atoms with Crippen molar-refractivity contribution in [2.24, 2.45) is 5.92 Å². The molecule has 10 heteroatoms. The number of fused-ring (bicyclic) bond motifs is 1. The van der Waals surface area contributed by atoms with Gasteiger partial charge in [0.1, 0.15) is 46.5 Å². The molecule has 10 nitrogen and oxygen atoms in total. The molecule has 0 bridgehead atoms. The number of aryl methyl sites for hydroxylation is 1. The minimum Gasteiger partial charge on any atom is -0.507 e. The highest BCUT2D eigenvalue weighted by Gasteiger charge is 2.44. The Kier molecular flexibility index (Phi) is 7.65. The maximum atomic E-state index is 13.8. The zero-order chi connectivity index (χ0) is 27.0. The standard InChI is InChI=1S/C27H32O10/c1-12(2)5-10-16-17(28)11-18(29)19-21(31)26(37-27-23(33)22(32)20(30)13(3)35-27)24(36-25(16)19)14-6-8-15(34-4)9-7-14/h6-9,11-13,20,22-23,27-30,32-33H,5,10H2,1-4H3/t13-,20-,22+,23+,27-/m0/s1. The number of phenolic OH excluding ortho intramolecular Hbond substituents is 2. The number of rotatable bonds is 7. The average Bonchev–Trinajstić information content (AvgIpc) is 2.86. The van der Waals surface area contributed by atoms with Crippen LogP contribution in [0.1, 0.15) is 32.8 Å². The summed E-state index contributed by atoms with van der Waals surface area (Å²) >= 11 is 0. The minimum absolute atomic E-state index is 0.00949. The van der Waals surface area contributed by atoms with Gasteiger partial charge in [0.15, 0.2) is 5.76 Å². The van der Waals surface area contributed by atoms with E-state index in [4.69, 9.17) is 18.6 Å². The Hall–Kier alpha value is -3.31. The van der Waals surface area contributed by atoms with E-state index in [-0.39, 0.29) is 28.2 Å². The number of aliphatic hydroxyl groups is 3. The fraction of sp³-hybridized carbons (Fsp3) is 0.444. The third-order valence-electron chi connectivity index (χ3n) is 6.55. The summed E-state index contributed by atoms with van der Waals surface area (Å²) in [5.74, 6) is -0.283. The Balaban J connectivity index is 1.94. The second kappa shape index (κ2) is 10.6. The van der Waals surface area contributed by atoms with Gasteiger partial charge in [0, 0.05) is 17.2 Å². The number of aromatic hydroxyl groups is 2. The molecule has 200 valence electrons. The third-order valence-corrected chi connectivity index (χ3v) is 6.55. The van der Waals surface area contributed by atoms with Crippen LogP contribution in [-0.4, -0.2) is 63.3 Å². The molecule has 0 aliphatic carbocycles. The number of methoxy groups -OCH3 is 1. The highest BCUT2D eigenvalue weighted by Crippen LogP contribution is 2.40. The predicted molar refractivity (Wildman–Crippen MR) is 134 cm³/mol. The van der Waals surface area contributed by atoms with E-state index >= 15 is 0 Å². The summed E-state index contributed by atoms with van der Waals surface area (Å²) in [6.07, 6.45) is -5.98. The van der Waals surface area contributed by atoms with Crippen LogP contribution in [0.4, 0.5) is 0 Å². The molecule has 1 aliphatic rings. The lowest BCUT2D eigenvalue weighted by molar-refractivity contribution is -0.268. The highest BCUT2D eigenvalue weighted by atomic mass is 16.7. The Labute approximate surface area is 213 Å². The molecule has 0 amide bonds. The Morgan fingerprint density at radius 2 is 1.68 bits per heavy atom. The average molecular weight is 517 g/mol. The molecule has 1 aromatic heterocycles. The number of benzene rings is 2. The van der Waals surface area contributed by atoms with Crippen LogP contribution < -0.4 is 14.9 Å². The molecule has 0 spiro atoms. The van der Waals surface area contributed by atoms with Crippen molar-refractivity contribution < 1.29 is 44.2 Å². The molecular weight excluding hydrogens is 484 g/mol. The molecule has 4 rings (SSSR count). The molecular formula is C27H32O10. The predicted octanol–water partition coefficient (Wildman–Crippen LogP) is 2.67. The van der Waals surface area contributed by atoms with Crippen LogP contribution in [0.5, 0.6) is 23.0 Å². The van der Waals surface area contributed by atoms with Crippen molar-refractivity contribution in [2.75, 3.05) is 7.11 Å². The van der Waals surface area contributed by atoms with Crippen LogP contribution in [-0.2, 0) is 11.2 Å². The Bertz CT molecular complexity index is 1310. The first kappa shape index (κ1) is 26.7. The van der Waals surface area contributed by atoms with Crippen molar-refractivity contribution in [1.82, 2.24) is 0 Å². The lowest BCUT2D eigenvalue weighted by Crippen LogP contribution is -2.58. The summed E-state index contributed by atoms with van der Waals surface area (Å²) in [7, 11) is 1.51. The summed E-state index contributed by atoms with van der Waals surface area (Å²) in [6.45, 7) is 5.53. The first-order valence-electron chi connectivity index (χ1n) is 12.1. The van der Waals surface area contributed by atoms with Crippen molar-refractivity contribution in [3.63, 3.8) is 0 Å².